The third-order valence-electron chi connectivity index (χ3n) is 3.45. The lowest BCUT2D eigenvalue weighted by molar-refractivity contribution is 0.0121. The maximum absolute atomic E-state index is 13.6. The van der Waals surface area contributed by atoms with Gasteiger partial charge in [-0.25, -0.2) is 15.0 Å². The Bertz CT molecular complexity index is 838. The lowest BCUT2D eigenvalue weighted by Gasteiger charge is -2.18. The molecule has 0 aromatic carbocycles. The zero-order valence-electron chi connectivity index (χ0n) is 13.4. The zero-order valence-corrected chi connectivity index (χ0v) is 13.4. The highest BCUT2D eigenvalue weighted by molar-refractivity contribution is 6.50. The van der Waals surface area contributed by atoms with Crippen LogP contribution in [-0.2, 0) is 12.3 Å². The SMILES string of the molecule is C/N=C1/N=C(C)C(Cc2ncc(C#N)c(C(C)(F)F)n2)=C(N)C1=N. The van der Waals surface area contributed by atoms with E-state index in [9.17, 15) is 8.78 Å². The summed E-state index contributed by atoms with van der Waals surface area (Å²) in [5.74, 6) is -2.99. The van der Waals surface area contributed by atoms with Crippen LogP contribution in [0.25, 0.3) is 0 Å². The third kappa shape index (κ3) is 3.17. The molecule has 9 heteroatoms. The number of amidine groups is 1. The molecule has 7 nitrogen and oxygen atoms in total. The molecule has 1 aliphatic rings. The minimum absolute atomic E-state index is 0.0231. The van der Waals surface area contributed by atoms with Gasteiger partial charge in [-0.15, -0.1) is 0 Å². The minimum atomic E-state index is -3.27. The van der Waals surface area contributed by atoms with Crippen LogP contribution in [0.1, 0.15) is 30.9 Å². The number of allylic oxidation sites excluding steroid dienone is 1. The number of nitrogens with two attached hydrogens (primary N) is 1. The van der Waals surface area contributed by atoms with Crippen molar-refractivity contribution in [1.29, 1.82) is 10.7 Å². The number of halogens is 2. The van der Waals surface area contributed by atoms with Gasteiger partial charge >= 0.3 is 0 Å². The van der Waals surface area contributed by atoms with E-state index in [0.29, 0.717) is 18.2 Å². The van der Waals surface area contributed by atoms with E-state index < -0.39 is 11.6 Å². The van der Waals surface area contributed by atoms with Crippen LogP contribution in [0.5, 0.6) is 0 Å². The van der Waals surface area contributed by atoms with Crippen LogP contribution < -0.4 is 5.73 Å². The number of alkyl halides is 2. The molecular formula is C15H15F2N7. The first kappa shape index (κ1) is 17.3. The number of nitrogens with one attached hydrogen (secondary N) is 1. The van der Waals surface area contributed by atoms with Gasteiger partial charge in [-0.05, 0) is 6.92 Å². The average molecular weight is 331 g/mol. The van der Waals surface area contributed by atoms with Crippen molar-refractivity contribution >= 4 is 17.3 Å². The van der Waals surface area contributed by atoms with Gasteiger partial charge in [-0.1, -0.05) is 0 Å². The number of aromatic nitrogens is 2. The summed E-state index contributed by atoms with van der Waals surface area (Å²) in [4.78, 5) is 15.8. The quantitative estimate of drug-likeness (QED) is 0.875. The molecule has 0 bridgehead atoms. The van der Waals surface area contributed by atoms with E-state index in [1.54, 1.807) is 13.0 Å². The average Bonchev–Trinajstić information content (AvgIpc) is 2.53. The molecule has 0 unspecified atom stereocenters. The molecule has 0 saturated heterocycles. The molecule has 24 heavy (non-hydrogen) atoms. The van der Waals surface area contributed by atoms with Gasteiger partial charge in [0.25, 0.3) is 5.92 Å². The van der Waals surface area contributed by atoms with Crippen molar-refractivity contribution < 1.29 is 8.78 Å². The molecular weight excluding hydrogens is 316 g/mol. The van der Waals surface area contributed by atoms with Crippen molar-refractivity contribution in [3.8, 4) is 6.07 Å². The second kappa shape index (κ2) is 6.23. The van der Waals surface area contributed by atoms with Crippen LogP contribution in [0.2, 0.25) is 0 Å². The molecule has 0 atom stereocenters. The van der Waals surface area contributed by atoms with E-state index in [-0.39, 0.29) is 35.1 Å². The van der Waals surface area contributed by atoms with Crippen LogP contribution in [0.4, 0.5) is 8.78 Å². The number of hydrogen-bond donors (Lipinski definition) is 2. The standard InChI is InChI=1S/C15H15F2N7/c1-7-9(11(19)12(20)14(21-3)23-7)4-10-22-6-8(5-18)13(24-10)15(2,16)17/h6,20H,4,19H2,1-3H3/b20-12?,21-14+. The van der Waals surface area contributed by atoms with Gasteiger partial charge in [-0.3, -0.25) is 10.4 Å². The van der Waals surface area contributed by atoms with Gasteiger partial charge in [0.1, 0.15) is 23.3 Å². The molecule has 0 spiro atoms. The van der Waals surface area contributed by atoms with Gasteiger partial charge in [0.2, 0.25) is 0 Å². The maximum atomic E-state index is 13.6. The van der Waals surface area contributed by atoms with Gasteiger partial charge in [-0.2, -0.15) is 14.0 Å². The topological polar surface area (TPSA) is 124 Å². The van der Waals surface area contributed by atoms with Crippen LogP contribution in [-0.4, -0.2) is 34.3 Å². The normalized spacial score (nSPS) is 17.1. The highest BCUT2D eigenvalue weighted by atomic mass is 19.3. The Balaban J connectivity index is 2.46. The summed E-state index contributed by atoms with van der Waals surface area (Å²) in [5, 5.41) is 16.8. The van der Waals surface area contributed by atoms with Crippen LogP contribution in [0, 0.1) is 16.7 Å². The Kier molecular flexibility index (Phi) is 4.50. The smallest absolute Gasteiger partial charge is 0.288 e. The van der Waals surface area contributed by atoms with E-state index >= 15 is 0 Å². The van der Waals surface area contributed by atoms with Crippen molar-refractivity contribution in [1.82, 2.24) is 9.97 Å². The zero-order chi connectivity index (χ0) is 18.1. The molecule has 0 aliphatic carbocycles. The summed E-state index contributed by atoms with van der Waals surface area (Å²) in [6, 6.07) is 1.66. The van der Waals surface area contributed by atoms with E-state index in [4.69, 9.17) is 16.4 Å². The minimum Gasteiger partial charge on any atom is -0.397 e. The molecule has 0 radical (unpaired) electrons. The number of dihydropyridines is 1. The number of nitrogens with zero attached hydrogens (tertiary/aromatic N) is 5. The lowest BCUT2D eigenvalue weighted by Crippen LogP contribution is -2.29. The van der Waals surface area contributed by atoms with Crippen molar-refractivity contribution in [2.24, 2.45) is 15.7 Å². The summed E-state index contributed by atoms with van der Waals surface area (Å²) in [5.41, 5.74) is 6.14. The van der Waals surface area contributed by atoms with Crippen LogP contribution in [0.15, 0.2) is 27.5 Å². The Morgan fingerprint density at radius 1 is 1.46 bits per heavy atom. The van der Waals surface area contributed by atoms with Crippen LogP contribution in [0.3, 0.4) is 0 Å². The fraction of sp³-hybridized carbons (Fsp3) is 0.333. The van der Waals surface area contributed by atoms with Crippen molar-refractivity contribution in [3.05, 3.63) is 34.5 Å². The monoisotopic (exact) mass is 331 g/mol. The molecule has 2 rings (SSSR count). The number of rotatable bonds is 3. The predicted octanol–water partition coefficient (Wildman–Crippen LogP) is 1.74. The van der Waals surface area contributed by atoms with E-state index in [0.717, 1.165) is 6.20 Å². The lowest BCUT2D eigenvalue weighted by atomic mass is 9.98. The molecule has 1 aromatic rings. The fourth-order valence-electron chi connectivity index (χ4n) is 2.21. The first-order chi connectivity index (χ1) is 11.2. The van der Waals surface area contributed by atoms with Gasteiger partial charge < -0.3 is 5.73 Å². The summed E-state index contributed by atoms with van der Waals surface area (Å²) in [6.45, 7) is 2.35. The largest absolute Gasteiger partial charge is 0.397 e. The van der Waals surface area contributed by atoms with E-state index in [1.807, 2.05) is 0 Å². The van der Waals surface area contributed by atoms with E-state index in [1.165, 1.54) is 7.05 Å². The van der Waals surface area contributed by atoms with Crippen LogP contribution >= 0.6 is 0 Å². The molecule has 1 aliphatic heterocycles. The van der Waals surface area contributed by atoms with Gasteiger partial charge in [0, 0.05) is 37.9 Å². The van der Waals surface area contributed by atoms with Crippen molar-refractivity contribution in [2.45, 2.75) is 26.2 Å². The van der Waals surface area contributed by atoms with Crippen molar-refractivity contribution in [2.75, 3.05) is 7.05 Å². The molecule has 0 saturated carbocycles. The summed E-state index contributed by atoms with van der Waals surface area (Å²) in [6.07, 6.45) is 1.08. The van der Waals surface area contributed by atoms with Gasteiger partial charge in [0.15, 0.2) is 5.84 Å². The maximum Gasteiger partial charge on any atom is 0.288 e. The Labute approximate surface area is 137 Å². The van der Waals surface area contributed by atoms with Crippen molar-refractivity contribution in [3.63, 3.8) is 0 Å². The molecule has 2 heterocycles. The highest BCUT2D eigenvalue weighted by Crippen LogP contribution is 2.28. The first-order valence-electron chi connectivity index (χ1n) is 6.93. The summed E-state index contributed by atoms with van der Waals surface area (Å²) >= 11 is 0. The first-order valence-corrected chi connectivity index (χ1v) is 6.93. The molecule has 124 valence electrons. The summed E-state index contributed by atoms with van der Waals surface area (Å²) in [7, 11) is 1.50. The third-order valence-corrected chi connectivity index (χ3v) is 3.45. The summed E-state index contributed by atoms with van der Waals surface area (Å²) < 4.78 is 27.2. The molecule has 1 aromatic heterocycles. The number of nitriles is 1. The highest BCUT2D eigenvalue weighted by Gasteiger charge is 2.31. The number of aliphatic imine (C=N–C) groups is 2. The second-order valence-corrected chi connectivity index (χ2v) is 5.24. The number of hydrogen-bond acceptors (Lipinski definition) is 6. The second-order valence-electron chi connectivity index (χ2n) is 5.24. The fourth-order valence-corrected chi connectivity index (χ4v) is 2.21. The molecule has 3 N–H and O–H groups in total. The van der Waals surface area contributed by atoms with Gasteiger partial charge in [0.05, 0.1) is 11.3 Å². The Morgan fingerprint density at radius 2 is 2.12 bits per heavy atom. The Morgan fingerprint density at radius 3 is 2.67 bits per heavy atom. The van der Waals surface area contributed by atoms with E-state index in [2.05, 4.69) is 20.0 Å². The Hall–Kier alpha value is -3.02. The molecule has 0 fully saturated rings. The molecule has 0 amide bonds. The predicted molar refractivity (Wildman–Crippen MR) is 85.4 cm³/mol.